The maximum atomic E-state index is 4.83. The van der Waals surface area contributed by atoms with E-state index in [0.717, 1.165) is 0 Å². The Morgan fingerprint density at radius 3 is 2.67 bits per heavy atom. The summed E-state index contributed by atoms with van der Waals surface area (Å²) < 4.78 is 4.17. The zero-order chi connectivity index (χ0) is 4.83. The predicted octanol–water partition coefficient (Wildman–Crippen LogP) is 1.73. The molecule has 1 nitrogen and oxygen atoms in total. The normalized spacial score (nSPS) is 10.3. The van der Waals surface area contributed by atoms with Gasteiger partial charge in [-0.05, 0) is 6.92 Å². The lowest BCUT2D eigenvalue weighted by atomic mass is 10.6. The maximum Gasteiger partial charge on any atom is 0.0864 e. The van der Waals surface area contributed by atoms with Crippen molar-refractivity contribution in [3.63, 3.8) is 0 Å². The lowest BCUT2D eigenvalue weighted by Gasteiger charge is -1.77. The van der Waals surface area contributed by atoms with Crippen LogP contribution in [0.15, 0.2) is 12.2 Å². The first-order valence-corrected chi connectivity index (χ1v) is 2.07. The summed E-state index contributed by atoms with van der Waals surface area (Å²) in [6.07, 6.45) is 3.70. The van der Waals surface area contributed by atoms with Crippen molar-refractivity contribution in [2.45, 2.75) is 6.92 Å². The lowest BCUT2D eigenvalue weighted by Crippen LogP contribution is -1.70. The molecule has 0 fully saturated rings. The minimum atomic E-state index is 0.498. The molecule has 0 bridgehead atoms. The number of allylic oxidation sites excluding steroid dienone is 1. The van der Waals surface area contributed by atoms with E-state index in [4.69, 9.17) is 11.9 Å². The largest absolute Gasteiger partial charge is 0.275 e. The second-order valence-corrected chi connectivity index (χ2v) is 1.06. The molecule has 0 rings (SSSR count). The summed E-state index contributed by atoms with van der Waals surface area (Å²) in [6, 6.07) is 0. The maximum absolute atomic E-state index is 4.83. The summed E-state index contributed by atoms with van der Waals surface area (Å²) in [6.45, 7) is 2.41. The van der Waals surface area contributed by atoms with Crippen molar-refractivity contribution in [1.82, 2.24) is 0 Å². The number of rotatable bonds is 2. The third kappa shape index (κ3) is 3.99. The van der Waals surface area contributed by atoms with Crippen molar-refractivity contribution in [2.75, 3.05) is 6.61 Å². The van der Waals surface area contributed by atoms with Crippen LogP contribution in [0.4, 0.5) is 0 Å². The van der Waals surface area contributed by atoms with Crippen molar-refractivity contribution < 1.29 is 4.29 Å². The molecular weight excluding hydrogens is 99.5 g/mol. The molecule has 0 aliphatic carbocycles. The van der Waals surface area contributed by atoms with E-state index in [1.54, 1.807) is 0 Å². The highest BCUT2D eigenvalue weighted by Crippen LogP contribution is 1.78. The van der Waals surface area contributed by atoms with Crippen LogP contribution in [0.25, 0.3) is 0 Å². The molecular formula is C4H7ClO. The number of hydrogen-bond donors (Lipinski definition) is 0. The molecule has 0 aromatic carbocycles. The van der Waals surface area contributed by atoms with Gasteiger partial charge in [-0.3, -0.25) is 4.29 Å². The SMILES string of the molecule is CC=CCOCl. The molecule has 0 unspecified atom stereocenters. The number of halogens is 1. The summed E-state index contributed by atoms with van der Waals surface area (Å²) >= 11 is 4.83. The third-order valence-corrected chi connectivity index (χ3v) is 0.521. The van der Waals surface area contributed by atoms with E-state index >= 15 is 0 Å². The van der Waals surface area contributed by atoms with Crippen LogP contribution in [0.3, 0.4) is 0 Å². The molecule has 36 valence electrons. The first-order valence-electron chi connectivity index (χ1n) is 1.76. The van der Waals surface area contributed by atoms with Crippen LogP contribution in [0.1, 0.15) is 6.92 Å². The molecule has 0 atom stereocenters. The average molecular weight is 107 g/mol. The van der Waals surface area contributed by atoms with Gasteiger partial charge in [0.25, 0.3) is 0 Å². The molecule has 0 amide bonds. The Morgan fingerprint density at radius 1 is 1.83 bits per heavy atom. The van der Waals surface area contributed by atoms with Crippen molar-refractivity contribution in [3.8, 4) is 0 Å². The quantitative estimate of drug-likeness (QED) is 0.487. The highest BCUT2D eigenvalue weighted by atomic mass is 35.5. The Bertz CT molecular complexity index is 42.8. The zero-order valence-corrected chi connectivity index (χ0v) is 4.40. The Hall–Kier alpha value is -0.0100. The Labute approximate surface area is 42.7 Å². The topological polar surface area (TPSA) is 9.23 Å². The fourth-order valence-corrected chi connectivity index (χ4v) is 0.205. The molecule has 0 N–H and O–H groups in total. The molecule has 0 aromatic heterocycles. The van der Waals surface area contributed by atoms with Gasteiger partial charge in [-0.2, -0.15) is 0 Å². The van der Waals surface area contributed by atoms with Crippen molar-refractivity contribution in [1.29, 1.82) is 0 Å². The molecule has 0 heterocycles. The van der Waals surface area contributed by atoms with Crippen molar-refractivity contribution in [3.05, 3.63) is 12.2 Å². The van der Waals surface area contributed by atoms with Crippen LogP contribution < -0.4 is 0 Å². The van der Waals surface area contributed by atoms with Gasteiger partial charge in [0.2, 0.25) is 0 Å². The van der Waals surface area contributed by atoms with Gasteiger partial charge >= 0.3 is 0 Å². The van der Waals surface area contributed by atoms with Crippen LogP contribution in [0, 0.1) is 0 Å². The van der Waals surface area contributed by atoms with Crippen LogP contribution in [-0.4, -0.2) is 6.61 Å². The predicted molar refractivity (Wildman–Crippen MR) is 26.6 cm³/mol. The molecule has 0 aliphatic heterocycles. The van der Waals surface area contributed by atoms with Crippen molar-refractivity contribution in [2.24, 2.45) is 0 Å². The average Bonchev–Trinajstić information content (AvgIpc) is 1.61. The molecule has 0 saturated heterocycles. The van der Waals surface area contributed by atoms with Gasteiger partial charge in [-0.25, -0.2) is 0 Å². The van der Waals surface area contributed by atoms with Crippen LogP contribution in [0.2, 0.25) is 0 Å². The summed E-state index contributed by atoms with van der Waals surface area (Å²) in [7, 11) is 0. The highest BCUT2D eigenvalue weighted by Gasteiger charge is 1.65. The molecule has 0 aliphatic rings. The summed E-state index contributed by atoms with van der Waals surface area (Å²) in [4.78, 5) is 0. The first-order chi connectivity index (χ1) is 2.91. The smallest absolute Gasteiger partial charge is 0.0864 e. The van der Waals surface area contributed by atoms with Crippen LogP contribution >= 0.6 is 11.9 Å². The van der Waals surface area contributed by atoms with E-state index in [-0.39, 0.29) is 0 Å². The van der Waals surface area contributed by atoms with Gasteiger partial charge in [-0.15, -0.1) is 0 Å². The van der Waals surface area contributed by atoms with Gasteiger partial charge in [0.15, 0.2) is 0 Å². The third-order valence-electron chi connectivity index (χ3n) is 0.395. The second-order valence-electron chi connectivity index (χ2n) is 0.845. The van der Waals surface area contributed by atoms with Gasteiger partial charge < -0.3 is 0 Å². The minimum absolute atomic E-state index is 0.498. The van der Waals surface area contributed by atoms with Crippen molar-refractivity contribution >= 4 is 11.9 Å². The fraction of sp³-hybridized carbons (Fsp3) is 0.500. The van der Waals surface area contributed by atoms with E-state index in [1.807, 2.05) is 19.1 Å². The van der Waals surface area contributed by atoms with Gasteiger partial charge in [0, 0.05) is 0 Å². The lowest BCUT2D eigenvalue weighted by molar-refractivity contribution is 0.404. The summed E-state index contributed by atoms with van der Waals surface area (Å²) in [5.41, 5.74) is 0. The Balaban J connectivity index is 2.66. The van der Waals surface area contributed by atoms with Crippen LogP contribution in [-0.2, 0) is 4.29 Å². The summed E-state index contributed by atoms with van der Waals surface area (Å²) in [5.74, 6) is 0. The molecule has 0 radical (unpaired) electrons. The monoisotopic (exact) mass is 106 g/mol. The molecule has 0 saturated carbocycles. The minimum Gasteiger partial charge on any atom is -0.275 e. The van der Waals surface area contributed by atoms with Gasteiger partial charge in [0.05, 0.1) is 18.5 Å². The van der Waals surface area contributed by atoms with E-state index in [2.05, 4.69) is 4.29 Å². The van der Waals surface area contributed by atoms with Gasteiger partial charge in [0.1, 0.15) is 0 Å². The molecule has 2 heteroatoms. The van der Waals surface area contributed by atoms with Crippen LogP contribution in [0.5, 0.6) is 0 Å². The Kier molecular flexibility index (Phi) is 4.98. The standard InChI is InChI=1S/C4H7ClO/c1-2-3-4-6-5/h2-3H,4H2,1H3. The van der Waals surface area contributed by atoms with E-state index in [0.29, 0.717) is 6.61 Å². The first kappa shape index (κ1) is 5.99. The molecule has 0 spiro atoms. The highest BCUT2D eigenvalue weighted by molar-refractivity contribution is 6.07. The zero-order valence-electron chi connectivity index (χ0n) is 3.65. The fourth-order valence-electron chi connectivity index (χ4n) is 0.133. The molecule has 6 heavy (non-hydrogen) atoms. The van der Waals surface area contributed by atoms with E-state index in [1.165, 1.54) is 0 Å². The molecule has 0 aromatic rings. The Morgan fingerprint density at radius 2 is 2.50 bits per heavy atom. The van der Waals surface area contributed by atoms with E-state index in [9.17, 15) is 0 Å². The second kappa shape index (κ2) is 4.99. The van der Waals surface area contributed by atoms with E-state index < -0.39 is 0 Å². The number of hydrogen-bond acceptors (Lipinski definition) is 1. The summed E-state index contributed by atoms with van der Waals surface area (Å²) in [5, 5.41) is 0. The van der Waals surface area contributed by atoms with Gasteiger partial charge in [-0.1, -0.05) is 12.2 Å².